The van der Waals surface area contributed by atoms with Crippen LogP contribution >= 0.6 is 11.3 Å². The number of nitrogens with one attached hydrogen (secondary N) is 1. The van der Waals surface area contributed by atoms with Crippen molar-refractivity contribution in [1.29, 1.82) is 0 Å². The number of hydrogen-bond acceptors (Lipinski definition) is 7. The minimum absolute atomic E-state index is 0.103. The van der Waals surface area contributed by atoms with Crippen LogP contribution in [0.4, 0.5) is 24.3 Å². The molecule has 0 saturated carbocycles. The lowest BCUT2D eigenvalue weighted by molar-refractivity contribution is -0.274. The number of aromatic nitrogens is 3. The van der Waals surface area contributed by atoms with Gasteiger partial charge < -0.3 is 19.5 Å². The van der Waals surface area contributed by atoms with Gasteiger partial charge >= 0.3 is 6.36 Å². The van der Waals surface area contributed by atoms with Crippen molar-refractivity contribution in [1.82, 2.24) is 19.4 Å². The molecule has 5 rings (SSSR count). The van der Waals surface area contributed by atoms with Gasteiger partial charge in [0.05, 0.1) is 27.3 Å². The van der Waals surface area contributed by atoms with Gasteiger partial charge in [0.2, 0.25) is 5.95 Å². The lowest BCUT2D eigenvalue weighted by Crippen LogP contribution is -2.17. The van der Waals surface area contributed by atoms with Crippen molar-refractivity contribution in [2.75, 3.05) is 25.5 Å². The lowest BCUT2D eigenvalue weighted by atomic mass is 10.1. The standard InChI is InChI=1S/C25H26F3N5O2S/c1-3-4-5-21(34)15-6-9-20-19(12-15)29-23(33(20)16-10-11-32(2)14-16)31-24-30-18-8-7-17(13-22(18)36-24)35-25(26,27)28/h6-9,12-13,16H,3-5,10-11,14H2,1-2H3,(H,29,30,31). The Labute approximate surface area is 209 Å². The Morgan fingerprint density at radius 2 is 2.03 bits per heavy atom. The van der Waals surface area contributed by atoms with Gasteiger partial charge in [0.25, 0.3) is 0 Å². The maximum atomic E-state index is 12.6. The molecule has 36 heavy (non-hydrogen) atoms. The van der Waals surface area contributed by atoms with Crippen LogP contribution in [0.15, 0.2) is 36.4 Å². The Kier molecular flexibility index (Phi) is 6.60. The number of likely N-dealkylation sites (tertiary alicyclic amines) is 1. The molecule has 1 fully saturated rings. The molecule has 1 N–H and O–H groups in total. The fraction of sp³-hybridized carbons (Fsp3) is 0.400. The fourth-order valence-electron chi connectivity index (χ4n) is 4.59. The van der Waals surface area contributed by atoms with Gasteiger partial charge in [-0.3, -0.25) is 4.79 Å². The number of carbonyl (C=O) groups excluding carboxylic acids is 1. The molecule has 11 heteroatoms. The molecule has 1 aliphatic heterocycles. The number of carbonyl (C=O) groups is 1. The van der Waals surface area contributed by atoms with E-state index in [1.807, 2.05) is 18.2 Å². The maximum absolute atomic E-state index is 12.6. The van der Waals surface area contributed by atoms with E-state index >= 15 is 0 Å². The number of thiazole rings is 1. The van der Waals surface area contributed by atoms with Gasteiger partial charge in [-0.15, -0.1) is 13.2 Å². The number of anilines is 2. The molecule has 1 aliphatic rings. The van der Waals surface area contributed by atoms with Crippen molar-refractivity contribution in [2.24, 2.45) is 0 Å². The van der Waals surface area contributed by atoms with E-state index in [0.717, 1.165) is 43.4 Å². The number of ketones is 1. The van der Waals surface area contributed by atoms with E-state index in [-0.39, 0.29) is 17.6 Å². The first-order valence-corrected chi connectivity index (χ1v) is 12.7. The van der Waals surface area contributed by atoms with Gasteiger partial charge in [0.1, 0.15) is 5.75 Å². The van der Waals surface area contributed by atoms with Crippen LogP contribution in [0.5, 0.6) is 5.75 Å². The lowest BCUT2D eigenvalue weighted by Gasteiger charge is -2.17. The average Bonchev–Trinajstić information content (AvgIpc) is 3.51. The Bertz CT molecular complexity index is 1410. The molecular weight excluding hydrogens is 491 g/mol. The molecule has 1 saturated heterocycles. The molecule has 0 aliphatic carbocycles. The Morgan fingerprint density at radius 1 is 1.19 bits per heavy atom. The third-order valence-corrected chi connectivity index (χ3v) is 7.25. The largest absolute Gasteiger partial charge is 0.573 e. The summed E-state index contributed by atoms with van der Waals surface area (Å²) in [7, 11) is 2.07. The minimum atomic E-state index is -4.75. The van der Waals surface area contributed by atoms with Crippen LogP contribution in [0.2, 0.25) is 0 Å². The third-order valence-electron chi connectivity index (χ3n) is 6.31. The third kappa shape index (κ3) is 5.17. The number of ether oxygens (including phenoxy) is 1. The number of hydrogen-bond donors (Lipinski definition) is 1. The zero-order valence-corrected chi connectivity index (χ0v) is 20.7. The monoisotopic (exact) mass is 517 g/mol. The van der Waals surface area contributed by atoms with Crippen molar-refractivity contribution < 1.29 is 22.7 Å². The van der Waals surface area contributed by atoms with Crippen LogP contribution in [0.25, 0.3) is 21.3 Å². The van der Waals surface area contributed by atoms with Gasteiger partial charge in [-0.2, -0.15) is 0 Å². The van der Waals surface area contributed by atoms with Gasteiger partial charge in [-0.05, 0) is 56.8 Å². The number of Topliss-reactive ketones (excluding diaryl/α,β-unsaturated/α-hetero) is 1. The summed E-state index contributed by atoms with van der Waals surface area (Å²) >= 11 is 1.22. The number of imidazole rings is 1. The van der Waals surface area contributed by atoms with Crippen molar-refractivity contribution in [3.05, 3.63) is 42.0 Å². The molecule has 0 amide bonds. The summed E-state index contributed by atoms with van der Waals surface area (Å²) in [5.41, 5.74) is 2.85. The Balaban J connectivity index is 1.50. The van der Waals surface area contributed by atoms with Crippen molar-refractivity contribution in [3.63, 3.8) is 0 Å². The van der Waals surface area contributed by atoms with Gasteiger partial charge in [0.15, 0.2) is 10.9 Å². The highest BCUT2D eigenvalue weighted by Crippen LogP contribution is 2.36. The number of alkyl halides is 3. The first-order valence-electron chi connectivity index (χ1n) is 11.9. The minimum Gasteiger partial charge on any atom is -0.406 e. The summed E-state index contributed by atoms with van der Waals surface area (Å²) in [5.74, 6) is 0.410. The van der Waals surface area contributed by atoms with E-state index in [2.05, 4.69) is 38.5 Å². The molecule has 7 nitrogen and oxygen atoms in total. The molecule has 4 aromatic rings. The Morgan fingerprint density at radius 3 is 2.75 bits per heavy atom. The molecule has 0 radical (unpaired) electrons. The number of benzene rings is 2. The second-order valence-corrected chi connectivity index (χ2v) is 10.1. The van der Waals surface area contributed by atoms with E-state index in [9.17, 15) is 18.0 Å². The average molecular weight is 518 g/mol. The molecule has 1 atom stereocenters. The summed E-state index contributed by atoms with van der Waals surface area (Å²) in [6.45, 7) is 3.87. The molecule has 190 valence electrons. The second-order valence-electron chi connectivity index (χ2n) is 9.06. The number of nitrogens with zero attached hydrogens (tertiary/aromatic N) is 4. The first-order chi connectivity index (χ1) is 17.2. The van der Waals surface area contributed by atoms with E-state index in [0.29, 0.717) is 33.3 Å². The predicted octanol–water partition coefficient (Wildman–Crippen LogP) is 6.54. The highest BCUT2D eigenvalue weighted by atomic mass is 32.1. The molecule has 1 unspecified atom stereocenters. The highest BCUT2D eigenvalue weighted by molar-refractivity contribution is 7.22. The SMILES string of the molecule is CCCCC(=O)c1ccc2c(c1)nc(Nc1nc3ccc(OC(F)(F)F)cc3s1)n2C1CCN(C)C1. The Hall–Kier alpha value is -3.18. The van der Waals surface area contributed by atoms with Gasteiger partial charge in [-0.1, -0.05) is 24.7 Å². The van der Waals surface area contributed by atoms with Crippen LogP contribution in [0.1, 0.15) is 49.0 Å². The summed E-state index contributed by atoms with van der Waals surface area (Å²) in [4.78, 5) is 24.2. The van der Waals surface area contributed by atoms with Gasteiger partial charge in [0, 0.05) is 24.6 Å². The summed E-state index contributed by atoms with van der Waals surface area (Å²) in [5, 5.41) is 3.80. The normalized spacial score (nSPS) is 16.8. The van der Waals surface area contributed by atoms with E-state index in [1.165, 1.54) is 29.5 Å². The fourth-order valence-corrected chi connectivity index (χ4v) is 5.47. The second kappa shape index (κ2) is 9.70. The molecule has 2 aromatic carbocycles. The quantitative estimate of drug-likeness (QED) is 0.268. The smallest absolute Gasteiger partial charge is 0.406 e. The maximum Gasteiger partial charge on any atom is 0.573 e. The molecule has 0 spiro atoms. The number of fused-ring (bicyclic) bond motifs is 2. The van der Waals surface area contributed by atoms with Crippen molar-refractivity contribution >= 4 is 49.4 Å². The van der Waals surface area contributed by atoms with Crippen molar-refractivity contribution in [3.8, 4) is 5.75 Å². The highest BCUT2D eigenvalue weighted by Gasteiger charge is 2.31. The number of unbranched alkanes of at least 4 members (excludes halogenated alkanes) is 1. The van der Waals surface area contributed by atoms with E-state index in [4.69, 9.17) is 4.98 Å². The topological polar surface area (TPSA) is 72.3 Å². The molecular formula is C25H26F3N5O2S. The zero-order valence-electron chi connectivity index (χ0n) is 19.9. The zero-order chi connectivity index (χ0) is 25.4. The molecule has 3 heterocycles. The number of likely N-dealkylation sites (N-methyl/N-ethyl adjacent to an activating group) is 1. The van der Waals surface area contributed by atoms with Crippen molar-refractivity contribution in [2.45, 2.75) is 45.0 Å². The number of halogens is 3. The molecule has 2 aromatic heterocycles. The predicted molar refractivity (Wildman–Crippen MR) is 134 cm³/mol. The summed E-state index contributed by atoms with van der Waals surface area (Å²) in [6, 6.07) is 9.92. The van der Waals surface area contributed by atoms with Crippen LogP contribution < -0.4 is 10.1 Å². The van der Waals surface area contributed by atoms with Crippen LogP contribution in [-0.2, 0) is 0 Å². The molecule has 0 bridgehead atoms. The van der Waals surface area contributed by atoms with Crippen LogP contribution in [0, 0.1) is 0 Å². The van der Waals surface area contributed by atoms with Crippen LogP contribution in [-0.4, -0.2) is 51.7 Å². The first kappa shape index (κ1) is 24.5. The van der Waals surface area contributed by atoms with Crippen LogP contribution in [0.3, 0.4) is 0 Å². The van der Waals surface area contributed by atoms with E-state index < -0.39 is 6.36 Å². The van der Waals surface area contributed by atoms with Gasteiger partial charge in [-0.25, -0.2) is 9.97 Å². The van der Waals surface area contributed by atoms with E-state index in [1.54, 1.807) is 0 Å². The summed E-state index contributed by atoms with van der Waals surface area (Å²) < 4.78 is 44.6. The summed E-state index contributed by atoms with van der Waals surface area (Å²) in [6.07, 6.45) is -1.49. The number of rotatable bonds is 8.